The summed E-state index contributed by atoms with van der Waals surface area (Å²) in [4.78, 5) is 2.48. The second-order valence-corrected chi connectivity index (χ2v) is 5.41. The Morgan fingerprint density at radius 2 is 2.17 bits per heavy atom. The summed E-state index contributed by atoms with van der Waals surface area (Å²) in [5, 5.41) is 0. The number of aryl methyl sites for hydroxylation is 1. The van der Waals surface area contributed by atoms with Crippen LogP contribution in [0.4, 0.5) is 4.39 Å². The average molecular weight is 250 g/mol. The summed E-state index contributed by atoms with van der Waals surface area (Å²) >= 11 is 0. The van der Waals surface area contributed by atoms with E-state index >= 15 is 0 Å². The number of benzene rings is 1. The lowest BCUT2D eigenvalue weighted by Crippen LogP contribution is -2.48. The van der Waals surface area contributed by atoms with E-state index in [0.717, 1.165) is 12.1 Å². The summed E-state index contributed by atoms with van der Waals surface area (Å²) in [7, 11) is 0. The van der Waals surface area contributed by atoms with E-state index in [1.807, 2.05) is 13.0 Å². The largest absolute Gasteiger partial charge is 0.329 e. The Morgan fingerprint density at radius 3 is 2.83 bits per heavy atom. The van der Waals surface area contributed by atoms with Crippen LogP contribution in [-0.2, 0) is 6.54 Å². The van der Waals surface area contributed by atoms with Gasteiger partial charge in [-0.3, -0.25) is 4.90 Å². The van der Waals surface area contributed by atoms with Crippen LogP contribution in [0.5, 0.6) is 0 Å². The number of hydrogen-bond donors (Lipinski definition) is 1. The number of hydrogen-bond acceptors (Lipinski definition) is 2. The van der Waals surface area contributed by atoms with Crippen molar-refractivity contribution < 1.29 is 4.39 Å². The highest BCUT2D eigenvalue weighted by molar-refractivity contribution is 5.26. The number of piperidine rings is 1. The predicted octanol–water partition coefficient (Wildman–Crippen LogP) is 2.84. The molecule has 1 fully saturated rings. The molecule has 0 spiro atoms. The van der Waals surface area contributed by atoms with Gasteiger partial charge in [0.05, 0.1) is 0 Å². The molecule has 1 heterocycles. The fraction of sp³-hybridized carbons (Fsp3) is 0.600. The lowest BCUT2D eigenvalue weighted by molar-refractivity contribution is 0.0890. The minimum Gasteiger partial charge on any atom is -0.329 e. The highest BCUT2D eigenvalue weighted by Gasteiger charge is 2.26. The van der Waals surface area contributed by atoms with Crippen LogP contribution in [0.15, 0.2) is 18.2 Å². The van der Waals surface area contributed by atoms with Crippen molar-refractivity contribution in [3.63, 3.8) is 0 Å². The van der Waals surface area contributed by atoms with Gasteiger partial charge in [-0.1, -0.05) is 12.5 Å². The van der Waals surface area contributed by atoms with Crippen molar-refractivity contribution in [1.29, 1.82) is 0 Å². The van der Waals surface area contributed by atoms with E-state index in [9.17, 15) is 4.39 Å². The van der Waals surface area contributed by atoms with Crippen LogP contribution in [-0.4, -0.2) is 23.5 Å². The zero-order valence-electron chi connectivity index (χ0n) is 11.3. The van der Waals surface area contributed by atoms with Gasteiger partial charge < -0.3 is 5.73 Å². The van der Waals surface area contributed by atoms with Crippen molar-refractivity contribution in [3.8, 4) is 0 Å². The van der Waals surface area contributed by atoms with Crippen LogP contribution in [0.3, 0.4) is 0 Å². The minimum absolute atomic E-state index is 0.154. The summed E-state index contributed by atoms with van der Waals surface area (Å²) in [6.45, 7) is 5.84. The molecule has 2 atom stereocenters. The monoisotopic (exact) mass is 250 g/mol. The summed E-state index contributed by atoms with van der Waals surface area (Å²) in [6.07, 6.45) is 3.68. The van der Waals surface area contributed by atoms with E-state index in [1.54, 1.807) is 12.1 Å². The van der Waals surface area contributed by atoms with E-state index in [0.29, 0.717) is 18.6 Å². The molecule has 1 aliphatic heterocycles. The van der Waals surface area contributed by atoms with Crippen molar-refractivity contribution in [2.45, 2.75) is 51.7 Å². The van der Waals surface area contributed by atoms with Gasteiger partial charge >= 0.3 is 0 Å². The Bertz CT molecular complexity index is 405. The molecule has 2 rings (SSSR count). The number of likely N-dealkylation sites (tertiary alicyclic amines) is 1. The number of nitrogens with two attached hydrogens (primary N) is 1. The summed E-state index contributed by atoms with van der Waals surface area (Å²) in [5.41, 5.74) is 8.11. The van der Waals surface area contributed by atoms with Gasteiger partial charge in [-0.15, -0.1) is 0 Å². The third-order valence-corrected chi connectivity index (χ3v) is 4.12. The first kappa shape index (κ1) is 13.5. The molecular weight excluding hydrogens is 227 g/mol. The molecule has 0 radical (unpaired) electrons. The Morgan fingerprint density at radius 1 is 1.39 bits per heavy atom. The third-order valence-electron chi connectivity index (χ3n) is 4.12. The zero-order valence-corrected chi connectivity index (χ0v) is 11.3. The Hall–Kier alpha value is -0.930. The van der Waals surface area contributed by atoms with Crippen molar-refractivity contribution in [3.05, 3.63) is 35.1 Å². The molecule has 2 nitrogen and oxygen atoms in total. The number of nitrogens with zero attached hydrogens (tertiary/aromatic N) is 1. The van der Waals surface area contributed by atoms with Crippen molar-refractivity contribution in [2.75, 3.05) is 6.54 Å². The normalized spacial score (nSPS) is 25.3. The molecule has 2 N–H and O–H groups in total. The second-order valence-electron chi connectivity index (χ2n) is 5.41. The van der Waals surface area contributed by atoms with Gasteiger partial charge in [0, 0.05) is 25.2 Å². The Labute approximate surface area is 109 Å². The van der Waals surface area contributed by atoms with Crippen LogP contribution in [0.1, 0.15) is 37.3 Å². The SMILES string of the molecule is Cc1cc(F)ccc1CN1C(C)CCCC1CN. The molecule has 0 saturated carbocycles. The third kappa shape index (κ3) is 2.90. The first-order valence-electron chi connectivity index (χ1n) is 6.82. The van der Waals surface area contributed by atoms with Crippen LogP contribution in [0, 0.1) is 12.7 Å². The second kappa shape index (κ2) is 5.81. The average Bonchev–Trinajstić information content (AvgIpc) is 2.34. The summed E-state index contributed by atoms with van der Waals surface area (Å²) in [5.74, 6) is -0.154. The summed E-state index contributed by atoms with van der Waals surface area (Å²) in [6, 6.07) is 6.10. The van der Waals surface area contributed by atoms with E-state index in [2.05, 4.69) is 11.8 Å². The smallest absolute Gasteiger partial charge is 0.123 e. The molecular formula is C15H23FN2. The lowest BCUT2D eigenvalue weighted by atomic mass is 9.95. The van der Waals surface area contributed by atoms with Gasteiger partial charge in [0.1, 0.15) is 5.82 Å². The zero-order chi connectivity index (χ0) is 13.1. The van der Waals surface area contributed by atoms with Crippen LogP contribution in [0.25, 0.3) is 0 Å². The molecule has 3 heteroatoms. The van der Waals surface area contributed by atoms with Gasteiger partial charge in [-0.25, -0.2) is 4.39 Å². The highest BCUT2D eigenvalue weighted by Crippen LogP contribution is 2.25. The quantitative estimate of drug-likeness (QED) is 0.894. The van der Waals surface area contributed by atoms with Gasteiger partial charge in [0.15, 0.2) is 0 Å². The molecule has 100 valence electrons. The van der Waals surface area contributed by atoms with Crippen molar-refractivity contribution in [2.24, 2.45) is 5.73 Å². The molecule has 0 bridgehead atoms. The van der Waals surface area contributed by atoms with Crippen LogP contribution >= 0.6 is 0 Å². The van der Waals surface area contributed by atoms with Gasteiger partial charge in [0.2, 0.25) is 0 Å². The Balaban J connectivity index is 2.15. The standard InChI is InChI=1S/C15H23FN2/c1-11-8-14(16)7-6-13(11)10-18-12(2)4-3-5-15(18)9-17/h6-8,12,15H,3-5,9-10,17H2,1-2H3. The van der Waals surface area contributed by atoms with Crippen molar-refractivity contribution in [1.82, 2.24) is 4.90 Å². The fourth-order valence-electron chi connectivity index (χ4n) is 2.91. The maximum Gasteiger partial charge on any atom is 0.123 e. The topological polar surface area (TPSA) is 29.3 Å². The summed E-state index contributed by atoms with van der Waals surface area (Å²) < 4.78 is 13.1. The van der Waals surface area contributed by atoms with Crippen LogP contribution in [0.2, 0.25) is 0 Å². The molecule has 1 aliphatic rings. The van der Waals surface area contributed by atoms with E-state index in [-0.39, 0.29) is 5.82 Å². The Kier molecular flexibility index (Phi) is 4.36. The molecule has 18 heavy (non-hydrogen) atoms. The molecule has 0 aromatic heterocycles. The molecule has 1 aromatic carbocycles. The van der Waals surface area contributed by atoms with E-state index in [4.69, 9.17) is 5.73 Å². The van der Waals surface area contributed by atoms with Gasteiger partial charge in [0.25, 0.3) is 0 Å². The van der Waals surface area contributed by atoms with Gasteiger partial charge in [-0.2, -0.15) is 0 Å². The molecule has 1 aromatic rings. The van der Waals surface area contributed by atoms with E-state index in [1.165, 1.54) is 24.8 Å². The maximum absolute atomic E-state index is 13.1. The number of rotatable bonds is 3. The number of halogens is 1. The van der Waals surface area contributed by atoms with Gasteiger partial charge in [-0.05, 0) is 49.9 Å². The molecule has 2 unspecified atom stereocenters. The van der Waals surface area contributed by atoms with Crippen molar-refractivity contribution >= 4 is 0 Å². The predicted molar refractivity (Wildman–Crippen MR) is 72.8 cm³/mol. The fourth-order valence-corrected chi connectivity index (χ4v) is 2.91. The minimum atomic E-state index is -0.154. The highest BCUT2D eigenvalue weighted by atomic mass is 19.1. The molecule has 1 saturated heterocycles. The van der Waals surface area contributed by atoms with E-state index < -0.39 is 0 Å². The molecule has 0 aliphatic carbocycles. The van der Waals surface area contributed by atoms with Crippen LogP contribution < -0.4 is 5.73 Å². The molecule has 0 amide bonds. The maximum atomic E-state index is 13.1. The first-order chi connectivity index (χ1) is 8.61. The first-order valence-corrected chi connectivity index (χ1v) is 6.82. The lowest BCUT2D eigenvalue weighted by Gasteiger charge is -2.40.